The van der Waals surface area contributed by atoms with Gasteiger partial charge in [0.2, 0.25) is 5.91 Å². The molecule has 3 nitrogen and oxygen atoms in total. The van der Waals surface area contributed by atoms with Crippen LogP contribution < -0.4 is 10.2 Å². The van der Waals surface area contributed by atoms with Crippen molar-refractivity contribution in [1.82, 2.24) is 0 Å². The third-order valence-corrected chi connectivity index (χ3v) is 3.85. The largest absolute Gasteiger partial charge is 0.385 e. The molecular weight excluding hydrogens is 260 g/mol. The van der Waals surface area contributed by atoms with E-state index in [9.17, 15) is 4.79 Å². The van der Waals surface area contributed by atoms with Crippen LogP contribution in [-0.2, 0) is 11.2 Å². The van der Waals surface area contributed by atoms with Gasteiger partial charge in [-0.05, 0) is 36.6 Å². The first-order chi connectivity index (χ1) is 10.3. The molecule has 1 aliphatic rings. The summed E-state index contributed by atoms with van der Waals surface area (Å²) < 4.78 is 0. The Morgan fingerprint density at radius 2 is 1.81 bits per heavy atom. The first-order valence-electron chi connectivity index (χ1n) is 7.52. The Hall–Kier alpha value is -2.29. The van der Waals surface area contributed by atoms with Gasteiger partial charge in [-0.15, -0.1) is 0 Å². The molecule has 0 bridgehead atoms. The molecule has 0 fully saturated rings. The van der Waals surface area contributed by atoms with Crippen LogP contribution in [0.5, 0.6) is 0 Å². The molecule has 1 amide bonds. The summed E-state index contributed by atoms with van der Waals surface area (Å²) in [5, 5.41) is 3.29. The number of aryl methyl sites for hydroxylation is 1. The number of anilines is 2. The second kappa shape index (κ2) is 6.44. The highest BCUT2D eigenvalue weighted by molar-refractivity contribution is 5.94. The van der Waals surface area contributed by atoms with Crippen LogP contribution in [0, 0.1) is 0 Å². The lowest BCUT2D eigenvalue weighted by atomic mass is 10.0. The van der Waals surface area contributed by atoms with Gasteiger partial charge in [0.05, 0.1) is 0 Å². The van der Waals surface area contributed by atoms with Gasteiger partial charge >= 0.3 is 0 Å². The van der Waals surface area contributed by atoms with E-state index in [1.54, 1.807) is 0 Å². The summed E-state index contributed by atoms with van der Waals surface area (Å²) in [6.07, 6.45) is 2.64. The van der Waals surface area contributed by atoms with Crippen molar-refractivity contribution in [3.8, 4) is 0 Å². The van der Waals surface area contributed by atoms with Crippen LogP contribution in [0.15, 0.2) is 54.6 Å². The van der Waals surface area contributed by atoms with Crippen LogP contribution in [0.3, 0.4) is 0 Å². The molecule has 0 saturated heterocycles. The number of benzene rings is 2. The summed E-state index contributed by atoms with van der Waals surface area (Å²) in [7, 11) is 0. The minimum atomic E-state index is 0.200. The molecule has 21 heavy (non-hydrogen) atoms. The standard InChI is InChI=1S/C18H20N2O/c21-18(12-13-19-16-9-2-1-3-10-16)20-14-6-8-15-7-4-5-11-17(15)20/h1-5,7,9-11,19H,6,8,12-14H2. The van der Waals surface area contributed by atoms with Gasteiger partial charge in [0, 0.05) is 30.9 Å². The van der Waals surface area contributed by atoms with Gasteiger partial charge in [-0.3, -0.25) is 4.79 Å². The number of hydrogen-bond donors (Lipinski definition) is 1. The van der Waals surface area contributed by atoms with Crippen LogP contribution in [0.1, 0.15) is 18.4 Å². The molecule has 3 heteroatoms. The highest BCUT2D eigenvalue weighted by Gasteiger charge is 2.21. The number of nitrogens with zero attached hydrogens (tertiary/aromatic N) is 1. The van der Waals surface area contributed by atoms with Crippen molar-refractivity contribution in [2.75, 3.05) is 23.3 Å². The molecule has 2 aromatic rings. The van der Waals surface area contributed by atoms with Crippen molar-refractivity contribution in [3.05, 3.63) is 60.2 Å². The van der Waals surface area contributed by atoms with E-state index in [1.807, 2.05) is 47.4 Å². The van der Waals surface area contributed by atoms with Gasteiger partial charge in [-0.25, -0.2) is 0 Å². The Labute approximate surface area is 125 Å². The molecule has 0 radical (unpaired) electrons. The number of nitrogens with one attached hydrogen (secondary N) is 1. The van der Waals surface area contributed by atoms with Crippen molar-refractivity contribution in [3.63, 3.8) is 0 Å². The number of hydrogen-bond acceptors (Lipinski definition) is 2. The number of amides is 1. The van der Waals surface area contributed by atoms with Crippen LogP contribution in [0.4, 0.5) is 11.4 Å². The quantitative estimate of drug-likeness (QED) is 0.930. The average molecular weight is 280 g/mol. The number of rotatable bonds is 4. The van der Waals surface area contributed by atoms with E-state index in [-0.39, 0.29) is 5.91 Å². The van der Waals surface area contributed by atoms with E-state index < -0.39 is 0 Å². The van der Waals surface area contributed by atoms with Gasteiger partial charge in [-0.2, -0.15) is 0 Å². The summed E-state index contributed by atoms with van der Waals surface area (Å²) in [6, 6.07) is 18.2. The summed E-state index contributed by atoms with van der Waals surface area (Å²) in [5.41, 5.74) is 3.44. The molecule has 1 aliphatic heterocycles. The zero-order valence-corrected chi connectivity index (χ0v) is 12.1. The Kier molecular flexibility index (Phi) is 4.20. The lowest BCUT2D eigenvalue weighted by Gasteiger charge is -2.29. The maximum absolute atomic E-state index is 12.4. The summed E-state index contributed by atoms with van der Waals surface area (Å²) in [6.45, 7) is 1.50. The molecule has 0 atom stereocenters. The smallest absolute Gasteiger partial charge is 0.228 e. The molecule has 3 rings (SSSR count). The van der Waals surface area contributed by atoms with E-state index in [0.717, 1.165) is 30.8 Å². The van der Waals surface area contributed by atoms with Gasteiger partial charge in [0.15, 0.2) is 0 Å². The maximum atomic E-state index is 12.4. The van der Waals surface area contributed by atoms with Crippen molar-refractivity contribution < 1.29 is 4.79 Å². The Bertz CT molecular complexity index is 610. The third kappa shape index (κ3) is 3.24. The fraction of sp³-hybridized carbons (Fsp3) is 0.278. The second-order valence-electron chi connectivity index (χ2n) is 5.32. The lowest BCUT2D eigenvalue weighted by molar-refractivity contribution is -0.118. The number of carbonyl (C=O) groups excluding carboxylic acids is 1. The van der Waals surface area contributed by atoms with Crippen LogP contribution in [-0.4, -0.2) is 19.0 Å². The molecule has 0 saturated carbocycles. The van der Waals surface area contributed by atoms with Crippen LogP contribution in [0.2, 0.25) is 0 Å². The van der Waals surface area contributed by atoms with Crippen LogP contribution >= 0.6 is 0 Å². The average Bonchev–Trinajstić information content (AvgIpc) is 2.55. The van der Waals surface area contributed by atoms with E-state index in [0.29, 0.717) is 13.0 Å². The van der Waals surface area contributed by atoms with Crippen molar-refractivity contribution in [2.45, 2.75) is 19.3 Å². The third-order valence-electron chi connectivity index (χ3n) is 3.85. The fourth-order valence-electron chi connectivity index (χ4n) is 2.80. The Morgan fingerprint density at radius 1 is 1.05 bits per heavy atom. The fourth-order valence-corrected chi connectivity index (χ4v) is 2.80. The molecular formula is C18H20N2O. The normalized spacial score (nSPS) is 13.6. The SMILES string of the molecule is O=C(CCNc1ccccc1)N1CCCc2ccccc21. The van der Waals surface area contributed by atoms with Gasteiger partial charge in [-0.1, -0.05) is 36.4 Å². The van der Waals surface area contributed by atoms with Crippen molar-refractivity contribution in [2.24, 2.45) is 0 Å². The predicted octanol–water partition coefficient (Wildman–Crippen LogP) is 3.47. The lowest BCUT2D eigenvalue weighted by Crippen LogP contribution is -2.36. The zero-order chi connectivity index (χ0) is 14.5. The van der Waals surface area contributed by atoms with E-state index >= 15 is 0 Å². The maximum Gasteiger partial charge on any atom is 0.228 e. The van der Waals surface area contributed by atoms with Gasteiger partial charge < -0.3 is 10.2 Å². The number of carbonyl (C=O) groups is 1. The monoisotopic (exact) mass is 280 g/mol. The van der Waals surface area contributed by atoms with E-state index in [1.165, 1.54) is 5.56 Å². The molecule has 1 heterocycles. The van der Waals surface area contributed by atoms with Crippen molar-refractivity contribution in [1.29, 1.82) is 0 Å². The Balaban J connectivity index is 1.59. The Morgan fingerprint density at radius 3 is 2.67 bits per heavy atom. The number of fused-ring (bicyclic) bond motifs is 1. The van der Waals surface area contributed by atoms with Crippen molar-refractivity contribution >= 4 is 17.3 Å². The summed E-state index contributed by atoms with van der Waals surface area (Å²) in [5.74, 6) is 0.200. The molecule has 108 valence electrons. The van der Waals surface area contributed by atoms with Crippen LogP contribution in [0.25, 0.3) is 0 Å². The molecule has 0 aliphatic carbocycles. The minimum absolute atomic E-state index is 0.200. The molecule has 1 N–H and O–H groups in total. The molecule has 0 spiro atoms. The molecule has 0 unspecified atom stereocenters. The van der Waals surface area contributed by atoms with Gasteiger partial charge in [0.1, 0.15) is 0 Å². The van der Waals surface area contributed by atoms with E-state index in [4.69, 9.17) is 0 Å². The first kappa shape index (κ1) is 13.7. The zero-order valence-electron chi connectivity index (χ0n) is 12.1. The summed E-state index contributed by atoms with van der Waals surface area (Å²) >= 11 is 0. The highest BCUT2D eigenvalue weighted by atomic mass is 16.2. The summed E-state index contributed by atoms with van der Waals surface area (Å²) in [4.78, 5) is 14.4. The topological polar surface area (TPSA) is 32.3 Å². The minimum Gasteiger partial charge on any atom is -0.385 e. The molecule has 2 aromatic carbocycles. The first-order valence-corrected chi connectivity index (χ1v) is 7.52. The van der Waals surface area contributed by atoms with E-state index in [2.05, 4.69) is 17.4 Å². The second-order valence-corrected chi connectivity index (χ2v) is 5.32. The molecule has 0 aromatic heterocycles. The van der Waals surface area contributed by atoms with Gasteiger partial charge in [0.25, 0.3) is 0 Å². The highest BCUT2D eigenvalue weighted by Crippen LogP contribution is 2.27. The number of para-hydroxylation sites is 2. The predicted molar refractivity (Wildman–Crippen MR) is 86.7 cm³/mol.